The first-order chi connectivity index (χ1) is 12.3. The topological polar surface area (TPSA) is 107 Å². The van der Waals surface area contributed by atoms with Crippen LogP contribution in [0, 0.1) is 0 Å². The molecule has 0 radical (unpaired) electrons. The van der Waals surface area contributed by atoms with E-state index in [-0.39, 0.29) is 16.5 Å². The fourth-order valence-electron chi connectivity index (χ4n) is 2.17. The summed E-state index contributed by atoms with van der Waals surface area (Å²) < 4.78 is 54.4. The third kappa shape index (κ3) is 4.29. The largest absolute Gasteiger partial charge is 0.411 e. The highest BCUT2D eigenvalue weighted by Crippen LogP contribution is 2.20. The van der Waals surface area contributed by atoms with Crippen molar-refractivity contribution in [1.82, 2.24) is 10.2 Å². The van der Waals surface area contributed by atoms with Gasteiger partial charge >= 0.3 is 5.22 Å². The van der Waals surface area contributed by atoms with Crippen molar-refractivity contribution in [2.24, 2.45) is 0 Å². The second-order valence-corrected chi connectivity index (χ2v) is 9.71. The fourth-order valence-corrected chi connectivity index (χ4v) is 4.59. The summed E-state index contributed by atoms with van der Waals surface area (Å²) in [6.45, 7) is 0. The first kappa shape index (κ1) is 18.6. The monoisotopic (exact) mass is 412 g/mol. The van der Waals surface area contributed by atoms with Crippen LogP contribution in [0.1, 0.15) is 11.5 Å². The Balaban J connectivity index is 1.80. The minimum Gasteiger partial charge on any atom is -0.411 e. The van der Waals surface area contributed by atoms with Crippen LogP contribution >= 0.6 is 11.6 Å². The molecular formula is C16H13ClN2O5S2. The molecule has 0 saturated carbocycles. The van der Waals surface area contributed by atoms with Gasteiger partial charge in [0, 0.05) is 5.02 Å². The van der Waals surface area contributed by atoms with Gasteiger partial charge in [-0.15, -0.1) is 5.10 Å². The predicted octanol–water partition coefficient (Wildman–Crippen LogP) is 2.67. The Morgan fingerprint density at radius 1 is 0.808 bits per heavy atom. The minimum atomic E-state index is -3.87. The van der Waals surface area contributed by atoms with Crippen molar-refractivity contribution in [3.05, 3.63) is 71.1 Å². The second kappa shape index (κ2) is 7.18. The van der Waals surface area contributed by atoms with Gasteiger partial charge in [-0.3, -0.25) is 0 Å². The van der Waals surface area contributed by atoms with E-state index in [1.807, 2.05) is 0 Å². The Bertz CT molecular complexity index is 1110. The maximum Gasteiger partial charge on any atom is 0.335 e. The molecule has 1 aromatic heterocycles. The van der Waals surface area contributed by atoms with Crippen LogP contribution in [0.3, 0.4) is 0 Å². The molecule has 0 bridgehead atoms. The number of rotatable bonds is 6. The highest BCUT2D eigenvalue weighted by molar-refractivity contribution is 7.90. The molecule has 0 N–H and O–H groups in total. The average Bonchev–Trinajstić information content (AvgIpc) is 3.04. The molecule has 0 aliphatic carbocycles. The van der Waals surface area contributed by atoms with E-state index in [1.165, 1.54) is 24.3 Å². The van der Waals surface area contributed by atoms with E-state index in [2.05, 4.69) is 10.2 Å². The summed E-state index contributed by atoms with van der Waals surface area (Å²) in [4.78, 5) is 0.0220. The molecular weight excluding hydrogens is 400 g/mol. The van der Waals surface area contributed by atoms with Crippen molar-refractivity contribution in [3.63, 3.8) is 0 Å². The lowest BCUT2D eigenvalue weighted by Gasteiger charge is -2.02. The van der Waals surface area contributed by atoms with Gasteiger partial charge in [-0.05, 0) is 29.8 Å². The summed E-state index contributed by atoms with van der Waals surface area (Å²) in [6.07, 6.45) is 0. The molecule has 0 atom stereocenters. The molecule has 0 fully saturated rings. The smallest absolute Gasteiger partial charge is 0.335 e. The van der Waals surface area contributed by atoms with E-state index >= 15 is 0 Å². The Morgan fingerprint density at radius 2 is 1.46 bits per heavy atom. The van der Waals surface area contributed by atoms with Gasteiger partial charge in [-0.25, -0.2) is 16.8 Å². The van der Waals surface area contributed by atoms with Gasteiger partial charge in [0.15, 0.2) is 9.84 Å². The summed E-state index contributed by atoms with van der Waals surface area (Å²) in [5.41, 5.74) is 0.557. The molecule has 2 aromatic carbocycles. The highest BCUT2D eigenvalue weighted by Gasteiger charge is 2.25. The molecule has 7 nitrogen and oxygen atoms in total. The maximum absolute atomic E-state index is 12.3. The van der Waals surface area contributed by atoms with E-state index in [0.29, 0.717) is 10.6 Å². The lowest BCUT2D eigenvalue weighted by molar-refractivity contribution is 0.405. The Kier molecular flexibility index (Phi) is 5.12. The number of hydrogen-bond acceptors (Lipinski definition) is 7. The van der Waals surface area contributed by atoms with Crippen LogP contribution in [0.25, 0.3) is 0 Å². The Hall–Kier alpha value is -2.23. The summed E-state index contributed by atoms with van der Waals surface area (Å²) in [5.74, 6) is -1.23. The zero-order valence-corrected chi connectivity index (χ0v) is 15.6. The van der Waals surface area contributed by atoms with Gasteiger partial charge in [0.2, 0.25) is 15.7 Å². The number of benzene rings is 2. The Morgan fingerprint density at radius 3 is 2.12 bits per heavy atom. The number of sulfone groups is 2. The van der Waals surface area contributed by atoms with Crippen molar-refractivity contribution < 1.29 is 21.3 Å². The number of hydrogen-bond donors (Lipinski definition) is 0. The van der Waals surface area contributed by atoms with Crippen LogP contribution in [0.2, 0.25) is 5.02 Å². The van der Waals surface area contributed by atoms with E-state index < -0.39 is 30.7 Å². The molecule has 0 aliphatic heterocycles. The summed E-state index contributed by atoms with van der Waals surface area (Å²) in [5, 5.41) is 6.83. The molecule has 0 unspecified atom stereocenters. The maximum atomic E-state index is 12.3. The molecule has 26 heavy (non-hydrogen) atoms. The van der Waals surface area contributed by atoms with Gasteiger partial charge < -0.3 is 4.42 Å². The highest BCUT2D eigenvalue weighted by atomic mass is 35.5. The van der Waals surface area contributed by atoms with Gasteiger partial charge in [-0.2, -0.15) is 0 Å². The summed E-state index contributed by atoms with van der Waals surface area (Å²) >= 11 is 5.74. The third-order valence-electron chi connectivity index (χ3n) is 3.40. The number of halogens is 1. The number of aromatic nitrogens is 2. The van der Waals surface area contributed by atoms with E-state index in [9.17, 15) is 16.8 Å². The lowest BCUT2D eigenvalue weighted by Crippen LogP contribution is -2.06. The van der Waals surface area contributed by atoms with Crippen LogP contribution in [-0.2, 0) is 31.2 Å². The normalized spacial score (nSPS) is 12.2. The third-order valence-corrected chi connectivity index (χ3v) is 6.68. The van der Waals surface area contributed by atoms with E-state index in [4.69, 9.17) is 16.0 Å². The lowest BCUT2D eigenvalue weighted by atomic mass is 10.2. The number of nitrogens with zero attached hydrogens (tertiary/aromatic N) is 2. The first-order valence-electron chi connectivity index (χ1n) is 7.34. The van der Waals surface area contributed by atoms with Gasteiger partial charge in [-0.1, -0.05) is 47.0 Å². The molecule has 1 heterocycles. The van der Waals surface area contributed by atoms with Crippen molar-refractivity contribution in [3.8, 4) is 0 Å². The predicted molar refractivity (Wildman–Crippen MR) is 94.0 cm³/mol. The van der Waals surface area contributed by atoms with Crippen LogP contribution in [0.4, 0.5) is 0 Å². The molecule has 3 rings (SSSR count). The van der Waals surface area contributed by atoms with Crippen molar-refractivity contribution in [2.45, 2.75) is 21.6 Å². The van der Waals surface area contributed by atoms with E-state index in [1.54, 1.807) is 30.3 Å². The van der Waals surface area contributed by atoms with Crippen LogP contribution in [-0.4, -0.2) is 27.0 Å². The molecule has 0 saturated heterocycles. The van der Waals surface area contributed by atoms with Gasteiger partial charge in [0.05, 0.1) is 10.6 Å². The molecule has 0 aliphatic rings. The van der Waals surface area contributed by atoms with Crippen LogP contribution < -0.4 is 0 Å². The van der Waals surface area contributed by atoms with Gasteiger partial charge in [0.25, 0.3) is 0 Å². The first-order valence-corrected chi connectivity index (χ1v) is 11.0. The summed E-state index contributed by atoms with van der Waals surface area (Å²) in [6, 6.07) is 14.1. The molecule has 10 heteroatoms. The molecule has 3 aromatic rings. The van der Waals surface area contributed by atoms with Crippen LogP contribution in [0.15, 0.2) is 69.1 Å². The fraction of sp³-hybridized carbons (Fsp3) is 0.125. The van der Waals surface area contributed by atoms with Crippen LogP contribution in [0.5, 0.6) is 0 Å². The molecule has 136 valence electrons. The average molecular weight is 413 g/mol. The molecule has 0 spiro atoms. The summed E-state index contributed by atoms with van der Waals surface area (Å²) in [7, 11) is -7.64. The zero-order chi connectivity index (χ0) is 18.8. The van der Waals surface area contributed by atoms with Gasteiger partial charge in [0.1, 0.15) is 5.75 Å². The minimum absolute atomic E-state index is 0.0220. The standard InChI is InChI=1S/C16H13ClN2O5S2/c17-13-6-8-14(9-7-13)25(20,21)11-15-18-19-16(24-15)26(22,23)10-12-4-2-1-3-5-12/h1-9H,10-11H2. The van der Waals surface area contributed by atoms with Crippen molar-refractivity contribution >= 4 is 31.3 Å². The SMILES string of the molecule is O=S(=O)(Cc1nnc(S(=O)(=O)Cc2ccccc2)o1)c1ccc(Cl)cc1. The van der Waals surface area contributed by atoms with Crippen molar-refractivity contribution in [1.29, 1.82) is 0 Å². The Labute approximate surface area is 155 Å². The van der Waals surface area contributed by atoms with E-state index in [0.717, 1.165) is 0 Å². The van der Waals surface area contributed by atoms with Crippen molar-refractivity contribution in [2.75, 3.05) is 0 Å². The zero-order valence-electron chi connectivity index (χ0n) is 13.2. The second-order valence-electron chi connectivity index (χ2n) is 5.42. The quantitative estimate of drug-likeness (QED) is 0.612. The molecule has 0 amide bonds.